The molecular weight excluding hydrogens is 290 g/mol. The quantitative estimate of drug-likeness (QED) is 0.882. The first kappa shape index (κ1) is 15.6. The molecule has 21 heavy (non-hydrogen) atoms. The van der Waals surface area contributed by atoms with E-state index in [4.69, 9.17) is 4.52 Å². The number of thiazole rings is 1. The van der Waals surface area contributed by atoms with Crippen LogP contribution in [0.5, 0.6) is 0 Å². The monoisotopic (exact) mass is 309 g/mol. The van der Waals surface area contributed by atoms with Crippen molar-refractivity contribution >= 4 is 17.3 Å². The smallest absolute Gasteiger partial charge is 0.310 e. The number of hydrogen-bond donors (Lipinski definition) is 1. The average Bonchev–Trinajstić information content (AvgIpc) is 2.99. The molecule has 0 aromatic carbocycles. The van der Waals surface area contributed by atoms with Crippen LogP contribution in [0.3, 0.4) is 0 Å². The van der Waals surface area contributed by atoms with Gasteiger partial charge in [-0.15, -0.1) is 11.3 Å². The second kappa shape index (κ2) is 5.93. The molecule has 0 aliphatic carbocycles. The van der Waals surface area contributed by atoms with E-state index in [1.165, 1.54) is 0 Å². The highest BCUT2D eigenvalue weighted by Crippen LogP contribution is 2.31. The van der Waals surface area contributed by atoms with E-state index in [1.54, 1.807) is 18.3 Å². The lowest BCUT2D eigenvalue weighted by Crippen LogP contribution is -2.35. The van der Waals surface area contributed by atoms with Gasteiger partial charge in [0.25, 0.3) is 0 Å². The highest BCUT2D eigenvalue weighted by molar-refractivity contribution is 7.09. The minimum Gasteiger partial charge on any atom is -0.481 e. The molecule has 1 N–H and O–H groups in total. The molecule has 0 bridgehead atoms. The molecule has 0 radical (unpaired) electrons. The third-order valence-corrected chi connectivity index (χ3v) is 4.73. The van der Waals surface area contributed by atoms with Crippen molar-refractivity contribution in [3.63, 3.8) is 0 Å². The maximum atomic E-state index is 11.5. The summed E-state index contributed by atoms with van der Waals surface area (Å²) in [5, 5.41) is 16.2. The largest absolute Gasteiger partial charge is 0.481 e. The summed E-state index contributed by atoms with van der Waals surface area (Å²) in [7, 11) is 0. The van der Waals surface area contributed by atoms with Crippen LogP contribution in [-0.2, 0) is 17.6 Å². The van der Waals surface area contributed by atoms with Crippen molar-refractivity contribution in [2.45, 2.75) is 40.5 Å². The van der Waals surface area contributed by atoms with Gasteiger partial charge in [0.1, 0.15) is 5.01 Å². The number of aryl methyl sites for hydroxylation is 1. The molecule has 0 fully saturated rings. The van der Waals surface area contributed by atoms with Crippen molar-refractivity contribution in [1.82, 2.24) is 15.1 Å². The Bertz CT molecular complexity index is 635. The molecule has 2 aromatic rings. The van der Waals surface area contributed by atoms with E-state index < -0.39 is 11.4 Å². The fourth-order valence-electron chi connectivity index (χ4n) is 1.89. The normalized spacial score (nSPS) is 14.3. The van der Waals surface area contributed by atoms with Gasteiger partial charge in [-0.2, -0.15) is 4.98 Å². The molecule has 0 aliphatic rings. The Kier molecular flexibility index (Phi) is 4.41. The Morgan fingerprint density at radius 3 is 2.71 bits per heavy atom. The summed E-state index contributed by atoms with van der Waals surface area (Å²) in [6.45, 7) is 7.39. The molecule has 1 atom stereocenters. The number of aliphatic carboxylic acids is 1. The minimum atomic E-state index is -0.915. The predicted molar refractivity (Wildman–Crippen MR) is 78.2 cm³/mol. The zero-order valence-electron chi connectivity index (χ0n) is 12.6. The molecule has 2 aromatic heterocycles. The molecular formula is C14H19N3O3S. The second-order valence-corrected chi connectivity index (χ2v) is 6.66. The number of aromatic nitrogens is 3. The lowest BCUT2D eigenvalue weighted by atomic mass is 9.76. The average molecular weight is 309 g/mol. The van der Waals surface area contributed by atoms with Crippen LogP contribution in [0, 0.1) is 18.3 Å². The number of carboxylic acids is 1. The van der Waals surface area contributed by atoms with Crippen LogP contribution in [-0.4, -0.2) is 26.2 Å². The summed E-state index contributed by atoms with van der Waals surface area (Å²) in [5.74, 6) is 0.00693. The molecule has 114 valence electrons. The van der Waals surface area contributed by atoms with E-state index in [2.05, 4.69) is 15.1 Å². The number of hydrogen-bond acceptors (Lipinski definition) is 6. The number of rotatable bonds is 6. The molecule has 1 unspecified atom stereocenters. The van der Waals surface area contributed by atoms with Gasteiger partial charge in [-0.25, -0.2) is 4.98 Å². The van der Waals surface area contributed by atoms with E-state index in [1.807, 2.05) is 26.2 Å². The van der Waals surface area contributed by atoms with E-state index in [0.717, 1.165) is 10.7 Å². The third-order valence-electron chi connectivity index (χ3n) is 3.77. The molecule has 0 amide bonds. The summed E-state index contributed by atoms with van der Waals surface area (Å²) in [6, 6.07) is 0. The fourth-order valence-corrected chi connectivity index (χ4v) is 2.66. The maximum Gasteiger partial charge on any atom is 0.310 e. The Morgan fingerprint density at radius 1 is 1.48 bits per heavy atom. The van der Waals surface area contributed by atoms with Crippen LogP contribution in [0.1, 0.15) is 43.2 Å². The van der Waals surface area contributed by atoms with E-state index >= 15 is 0 Å². The predicted octanol–water partition coefficient (Wildman–Crippen LogP) is 2.71. The summed E-state index contributed by atoms with van der Waals surface area (Å²) in [4.78, 5) is 20.1. The molecule has 0 aliphatic heterocycles. The maximum absolute atomic E-state index is 11.5. The van der Waals surface area contributed by atoms with Crippen molar-refractivity contribution in [3.8, 4) is 0 Å². The Hall–Kier alpha value is -1.76. The topological polar surface area (TPSA) is 89.1 Å². The SMILES string of the molecule is Cc1csc(Cc2noc(CC(C)(C(=O)O)C(C)C)n2)n1. The Labute approximate surface area is 127 Å². The molecule has 0 saturated carbocycles. The number of carbonyl (C=O) groups is 1. The van der Waals surface area contributed by atoms with Crippen molar-refractivity contribution in [2.75, 3.05) is 0 Å². The first-order chi connectivity index (χ1) is 9.81. The summed E-state index contributed by atoms with van der Waals surface area (Å²) >= 11 is 1.55. The van der Waals surface area contributed by atoms with Crippen molar-refractivity contribution in [1.29, 1.82) is 0 Å². The Morgan fingerprint density at radius 2 is 2.19 bits per heavy atom. The molecule has 2 heterocycles. The van der Waals surface area contributed by atoms with Crippen LogP contribution in [0.25, 0.3) is 0 Å². The van der Waals surface area contributed by atoms with Gasteiger partial charge in [0.15, 0.2) is 5.82 Å². The second-order valence-electron chi connectivity index (χ2n) is 5.72. The van der Waals surface area contributed by atoms with Crippen molar-refractivity contribution in [3.05, 3.63) is 27.8 Å². The summed E-state index contributed by atoms with van der Waals surface area (Å²) in [6.07, 6.45) is 0.733. The highest BCUT2D eigenvalue weighted by atomic mass is 32.1. The van der Waals surface area contributed by atoms with Crippen LogP contribution < -0.4 is 0 Å². The number of nitrogens with zero attached hydrogens (tertiary/aromatic N) is 3. The zero-order chi connectivity index (χ0) is 15.6. The van der Waals surface area contributed by atoms with Crippen molar-refractivity contribution in [2.24, 2.45) is 11.3 Å². The van der Waals surface area contributed by atoms with Gasteiger partial charge in [0, 0.05) is 17.5 Å². The van der Waals surface area contributed by atoms with Crippen LogP contribution >= 0.6 is 11.3 Å². The molecule has 2 rings (SSSR count). The standard InChI is InChI=1S/C14H19N3O3S/c1-8(2)14(4,13(18)19)6-11-16-10(17-20-11)5-12-15-9(3)7-21-12/h7-8H,5-6H2,1-4H3,(H,18,19). The molecule has 7 heteroatoms. The first-order valence-electron chi connectivity index (χ1n) is 6.77. The van der Waals surface area contributed by atoms with Crippen LogP contribution in [0.2, 0.25) is 0 Å². The van der Waals surface area contributed by atoms with Gasteiger partial charge < -0.3 is 9.63 Å². The van der Waals surface area contributed by atoms with E-state index in [-0.39, 0.29) is 12.3 Å². The third kappa shape index (κ3) is 3.47. The van der Waals surface area contributed by atoms with Crippen LogP contribution in [0.4, 0.5) is 0 Å². The fraction of sp³-hybridized carbons (Fsp3) is 0.571. The molecule has 6 nitrogen and oxygen atoms in total. The zero-order valence-corrected chi connectivity index (χ0v) is 13.4. The Balaban J connectivity index is 2.11. The van der Waals surface area contributed by atoms with Gasteiger partial charge in [-0.1, -0.05) is 19.0 Å². The lowest BCUT2D eigenvalue weighted by Gasteiger charge is -2.27. The summed E-state index contributed by atoms with van der Waals surface area (Å²) < 4.78 is 5.19. The van der Waals surface area contributed by atoms with Crippen LogP contribution in [0.15, 0.2) is 9.90 Å². The minimum absolute atomic E-state index is 0.0352. The van der Waals surface area contributed by atoms with Gasteiger partial charge in [0.2, 0.25) is 5.89 Å². The van der Waals surface area contributed by atoms with Gasteiger partial charge in [-0.05, 0) is 19.8 Å². The van der Waals surface area contributed by atoms with Gasteiger partial charge in [-0.3, -0.25) is 4.79 Å². The molecule has 0 saturated heterocycles. The first-order valence-corrected chi connectivity index (χ1v) is 7.65. The molecule has 0 spiro atoms. The van der Waals surface area contributed by atoms with Gasteiger partial charge in [0.05, 0.1) is 11.8 Å². The van der Waals surface area contributed by atoms with Gasteiger partial charge >= 0.3 is 5.97 Å². The van der Waals surface area contributed by atoms with E-state index in [9.17, 15) is 9.90 Å². The summed E-state index contributed by atoms with van der Waals surface area (Å²) in [5.41, 5.74) is 0.0543. The lowest BCUT2D eigenvalue weighted by molar-refractivity contribution is -0.150. The number of carboxylic acid groups (broad SMARTS) is 1. The van der Waals surface area contributed by atoms with E-state index in [0.29, 0.717) is 18.1 Å². The van der Waals surface area contributed by atoms with Crippen molar-refractivity contribution < 1.29 is 14.4 Å². The highest BCUT2D eigenvalue weighted by Gasteiger charge is 2.38.